The fraction of sp³-hybridized carbons (Fsp3) is 0.105. The quantitative estimate of drug-likeness (QED) is 0.690. The summed E-state index contributed by atoms with van der Waals surface area (Å²) in [6, 6.07) is 19.1. The topological polar surface area (TPSA) is 76.1 Å². The first-order chi connectivity index (χ1) is 12.2. The van der Waals surface area contributed by atoms with E-state index in [-0.39, 0.29) is 30.6 Å². The van der Waals surface area contributed by atoms with Crippen LogP contribution in [0.25, 0.3) is 22.5 Å². The van der Waals surface area contributed by atoms with Gasteiger partial charge in [0.05, 0.1) is 0 Å². The lowest BCUT2D eigenvalue weighted by Gasteiger charge is -2.14. The summed E-state index contributed by atoms with van der Waals surface area (Å²) in [6.07, 6.45) is 0.368. The van der Waals surface area contributed by atoms with Gasteiger partial charge in [-0.3, -0.25) is 9.59 Å². The van der Waals surface area contributed by atoms with E-state index in [1.54, 1.807) is 0 Å². The van der Waals surface area contributed by atoms with E-state index >= 15 is 0 Å². The lowest BCUT2D eigenvalue weighted by Crippen LogP contribution is -2.31. The van der Waals surface area contributed by atoms with E-state index in [4.69, 9.17) is 0 Å². The molecule has 0 saturated carbocycles. The third kappa shape index (κ3) is 2.78. The van der Waals surface area contributed by atoms with Crippen molar-refractivity contribution in [1.29, 1.82) is 0 Å². The van der Waals surface area contributed by atoms with Gasteiger partial charge in [-0.15, -0.1) is 10.2 Å². The molecule has 0 aliphatic carbocycles. The highest BCUT2D eigenvalue weighted by Gasteiger charge is 2.33. The van der Waals surface area contributed by atoms with Crippen LogP contribution in [0.15, 0.2) is 60.7 Å². The summed E-state index contributed by atoms with van der Waals surface area (Å²) < 4.78 is 0. The van der Waals surface area contributed by atoms with Gasteiger partial charge in [0.2, 0.25) is 11.8 Å². The summed E-state index contributed by atoms with van der Waals surface area (Å²) in [4.78, 5) is 29.5. The molecule has 1 aliphatic rings. The van der Waals surface area contributed by atoms with E-state index in [0.29, 0.717) is 11.4 Å². The van der Waals surface area contributed by atoms with Crippen LogP contribution in [-0.4, -0.2) is 27.0 Å². The average Bonchev–Trinajstić information content (AvgIpc) is 3.01. The minimum Gasteiger partial charge on any atom is -0.274 e. The molecule has 2 aromatic carbocycles. The first-order valence-corrected chi connectivity index (χ1v) is 7.95. The number of carbonyl (C=O) groups excluding carboxylic acids is 2. The third-order valence-electron chi connectivity index (χ3n) is 4.02. The molecule has 0 spiro atoms. The van der Waals surface area contributed by atoms with Crippen LogP contribution in [0.5, 0.6) is 0 Å². The molecule has 2 amide bonds. The van der Waals surface area contributed by atoms with Crippen LogP contribution in [0.4, 0.5) is 5.95 Å². The number of rotatable bonds is 3. The molecular formula is C19H14N4O2. The zero-order chi connectivity index (χ0) is 17.2. The van der Waals surface area contributed by atoms with Crippen molar-refractivity contribution in [3.63, 3.8) is 0 Å². The van der Waals surface area contributed by atoms with Gasteiger partial charge in [0.25, 0.3) is 5.95 Å². The zero-order valence-electron chi connectivity index (χ0n) is 13.3. The summed E-state index contributed by atoms with van der Waals surface area (Å²) in [6.45, 7) is 0. The zero-order valence-corrected chi connectivity index (χ0v) is 13.3. The smallest absolute Gasteiger partial charge is 0.259 e. The monoisotopic (exact) mass is 330 g/mol. The number of carbonyl (C=O) groups is 2. The lowest BCUT2D eigenvalue weighted by atomic mass is 10.0. The van der Waals surface area contributed by atoms with E-state index < -0.39 is 0 Å². The van der Waals surface area contributed by atoms with E-state index in [1.807, 2.05) is 60.7 Å². The summed E-state index contributed by atoms with van der Waals surface area (Å²) >= 11 is 0. The van der Waals surface area contributed by atoms with Crippen LogP contribution in [-0.2, 0) is 9.59 Å². The predicted molar refractivity (Wildman–Crippen MR) is 92.4 cm³/mol. The van der Waals surface area contributed by atoms with Gasteiger partial charge in [0.1, 0.15) is 11.4 Å². The van der Waals surface area contributed by atoms with E-state index in [1.165, 1.54) is 0 Å². The average molecular weight is 330 g/mol. The maximum atomic E-state index is 12.0. The van der Waals surface area contributed by atoms with Gasteiger partial charge in [-0.05, 0) is 0 Å². The maximum Gasteiger partial charge on any atom is 0.259 e. The van der Waals surface area contributed by atoms with Gasteiger partial charge < -0.3 is 0 Å². The second-order valence-corrected chi connectivity index (χ2v) is 5.66. The molecular weight excluding hydrogens is 316 g/mol. The molecule has 1 aliphatic heterocycles. The lowest BCUT2D eigenvalue weighted by molar-refractivity contribution is -0.121. The molecule has 1 fully saturated rings. The van der Waals surface area contributed by atoms with Gasteiger partial charge >= 0.3 is 0 Å². The molecule has 122 valence electrons. The van der Waals surface area contributed by atoms with Crippen molar-refractivity contribution in [3.05, 3.63) is 60.7 Å². The maximum absolute atomic E-state index is 12.0. The highest BCUT2D eigenvalue weighted by atomic mass is 16.2. The van der Waals surface area contributed by atoms with Crippen LogP contribution in [0, 0.1) is 0 Å². The van der Waals surface area contributed by atoms with Crippen LogP contribution < -0.4 is 4.90 Å². The molecule has 2 heterocycles. The molecule has 6 heteroatoms. The number of anilines is 1. The highest BCUT2D eigenvalue weighted by molar-refractivity contribution is 6.18. The van der Waals surface area contributed by atoms with Crippen molar-refractivity contribution in [1.82, 2.24) is 15.2 Å². The standard InChI is InChI=1S/C19H14N4O2/c24-15-11-12-16(25)23(15)19-20-17(13-7-3-1-4-8-13)18(21-22-19)14-9-5-2-6-10-14/h1-10H,11-12H2. The Morgan fingerprint density at radius 1 is 0.680 bits per heavy atom. The van der Waals surface area contributed by atoms with Gasteiger partial charge in [0.15, 0.2) is 0 Å². The Bertz CT molecular complexity index is 926. The van der Waals surface area contributed by atoms with E-state index in [0.717, 1.165) is 16.0 Å². The molecule has 0 N–H and O–H groups in total. The van der Waals surface area contributed by atoms with Crippen LogP contribution in [0.2, 0.25) is 0 Å². The minimum atomic E-state index is -0.293. The van der Waals surface area contributed by atoms with E-state index in [9.17, 15) is 9.59 Å². The van der Waals surface area contributed by atoms with Crippen LogP contribution in [0.3, 0.4) is 0 Å². The highest BCUT2D eigenvalue weighted by Crippen LogP contribution is 2.30. The Morgan fingerprint density at radius 3 is 1.76 bits per heavy atom. The minimum absolute atomic E-state index is 0.0334. The third-order valence-corrected chi connectivity index (χ3v) is 4.02. The molecule has 0 unspecified atom stereocenters. The van der Waals surface area contributed by atoms with Crippen LogP contribution >= 0.6 is 0 Å². The molecule has 0 atom stereocenters. The van der Waals surface area contributed by atoms with Crippen molar-refractivity contribution < 1.29 is 9.59 Å². The summed E-state index contributed by atoms with van der Waals surface area (Å²) in [5.41, 5.74) is 2.91. The predicted octanol–water partition coefficient (Wildman–Crippen LogP) is 2.86. The molecule has 25 heavy (non-hydrogen) atoms. The largest absolute Gasteiger partial charge is 0.274 e. The van der Waals surface area contributed by atoms with Gasteiger partial charge in [-0.25, -0.2) is 9.88 Å². The Hall–Kier alpha value is -3.41. The van der Waals surface area contributed by atoms with Crippen molar-refractivity contribution in [2.75, 3.05) is 4.90 Å². The Balaban J connectivity index is 1.89. The molecule has 0 bridgehead atoms. The van der Waals surface area contributed by atoms with Crippen molar-refractivity contribution in [2.45, 2.75) is 12.8 Å². The fourth-order valence-corrected chi connectivity index (χ4v) is 2.80. The summed E-state index contributed by atoms with van der Waals surface area (Å²) in [5, 5.41) is 8.33. The number of aromatic nitrogens is 3. The second-order valence-electron chi connectivity index (χ2n) is 5.66. The number of nitrogens with zero attached hydrogens (tertiary/aromatic N) is 4. The van der Waals surface area contributed by atoms with Crippen molar-refractivity contribution in [3.8, 4) is 22.5 Å². The molecule has 1 saturated heterocycles. The number of hydrogen-bond acceptors (Lipinski definition) is 5. The van der Waals surface area contributed by atoms with Crippen molar-refractivity contribution >= 4 is 17.8 Å². The number of amides is 2. The number of hydrogen-bond donors (Lipinski definition) is 0. The van der Waals surface area contributed by atoms with Crippen molar-refractivity contribution in [2.24, 2.45) is 0 Å². The Morgan fingerprint density at radius 2 is 1.20 bits per heavy atom. The van der Waals surface area contributed by atoms with Gasteiger partial charge in [-0.2, -0.15) is 0 Å². The molecule has 3 aromatic rings. The van der Waals surface area contributed by atoms with E-state index in [2.05, 4.69) is 15.2 Å². The van der Waals surface area contributed by atoms with Gasteiger partial charge in [0, 0.05) is 24.0 Å². The molecule has 1 aromatic heterocycles. The van der Waals surface area contributed by atoms with Gasteiger partial charge in [-0.1, -0.05) is 60.7 Å². The second kappa shape index (κ2) is 6.24. The molecule has 4 rings (SSSR count). The molecule has 6 nitrogen and oxygen atoms in total. The SMILES string of the molecule is O=C1CCC(=O)N1c1nnc(-c2ccccc2)c(-c2ccccc2)n1. The summed E-state index contributed by atoms with van der Waals surface area (Å²) in [5.74, 6) is -0.553. The summed E-state index contributed by atoms with van der Waals surface area (Å²) in [7, 11) is 0. The fourth-order valence-electron chi connectivity index (χ4n) is 2.80. The Kier molecular flexibility index (Phi) is 3.78. The normalized spacial score (nSPS) is 14.2. The van der Waals surface area contributed by atoms with Crippen LogP contribution in [0.1, 0.15) is 12.8 Å². The first-order valence-electron chi connectivity index (χ1n) is 7.95. The number of benzene rings is 2. The first kappa shape index (κ1) is 15.1. The Labute approximate surface area is 144 Å². The number of imide groups is 1. The molecule has 0 radical (unpaired) electrons.